The Bertz CT molecular complexity index is 907. The molecule has 8 nitrogen and oxygen atoms in total. The van der Waals surface area contributed by atoms with Gasteiger partial charge in [-0.05, 0) is 24.3 Å². The highest BCUT2D eigenvalue weighted by atomic mass is 16.3. The number of nitrogens with zero attached hydrogens (tertiary/aromatic N) is 4. The van der Waals surface area contributed by atoms with Crippen molar-refractivity contribution in [2.75, 3.05) is 6.54 Å². The van der Waals surface area contributed by atoms with Crippen LogP contribution in [0.3, 0.4) is 0 Å². The molecular formula is C18H17N5O3. The second-order valence-corrected chi connectivity index (χ2v) is 6.15. The van der Waals surface area contributed by atoms with Crippen molar-refractivity contribution in [2.24, 2.45) is 5.92 Å². The number of likely N-dealkylation sites (tertiary alicyclic amines) is 1. The first-order valence-electron chi connectivity index (χ1n) is 8.35. The number of oxazole rings is 1. The van der Waals surface area contributed by atoms with E-state index in [4.69, 9.17) is 4.42 Å². The summed E-state index contributed by atoms with van der Waals surface area (Å²) in [6.07, 6.45) is 3.52. The lowest BCUT2D eigenvalue weighted by molar-refractivity contribution is -0.129. The predicted octanol–water partition coefficient (Wildman–Crippen LogP) is 1.28. The fourth-order valence-electron chi connectivity index (χ4n) is 2.98. The highest BCUT2D eigenvalue weighted by Gasteiger charge is 2.34. The van der Waals surface area contributed by atoms with Crippen LogP contribution in [-0.4, -0.2) is 38.2 Å². The number of amides is 2. The van der Waals surface area contributed by atoms with Crippen molar-refractivity contribution < 1.29 is 14.0 Å². The molecule has 1 atom stereocenters. The first-order valence-corrected chi connectivity index (χ1v) is 8.35. The number of hydrogen-bond acceptors (Lipinski definition) is 6. The van der Waals surface area contributed by atoms with Crippen molar-refractivity contribution in [3.8, 4) is 0 Å². The number of aromatic nitrogens is 3. The van der Waals surface area contributed by atoms with Gasteiger partial charge in [0.15, 0.2) is 11.2 Å². The smallest absolute Gasteiger partial charge is 0.225 e. The van der Waals surface area contributed by atoms with Crippen LogP contribution >= 0.6 is 0 Å². The van der Waals surface area contributed by atoms with Gasteiger partial charge >= 0.3 is 0 Å². The van der Waals surface area contributed by atoms with Gasteiger partial charge in [0.2, 0.25) is 17.7 Å². The maximum atomic E-state index is 12.4. The summed E-state index contributed by atoms with van der Waals surface area (Å²) in [5, 5.41) is 2.79. The zero-order valence-corrected chi connectivity index (χ0v) is 14.0. The Morgan fingerprint density at radius 1 is 1.23 bits per heavy atom. The van der Waals surface area contributed by atoms with Crippen molar-refractivity contribution in [1.29, 1.82) is 0 Å². The molecule has 0 saturated carbocycles. The van der Waals surface area contributed by atoms with E-state index < -0.39 is 0 Å². The van der Waals surface area contributed by atoms with Gasteiger partial charge in [-0.15, -0.1) is 0 Å². The quantitative estimate of drug-likeness (QED) is 0.743. The van der Waals surface area contributed by atoms with E-state index in [0.29, 0.717) is 30.2 Å². The van der Waals surface area contributed by atoms with Crippen LogP contribution in [0.2, 0.25) is 0 Å². The zero-order valence-electron chi connectivity index (χ0n) is 14.0. The molecule has 132 valence electrons. The van der Waals surface area contributed by atoms with E-state index in [1.807, 2.05) is 18.2 Å². The van der Waals surface area contributed by atoms with E-state index in [9.17, 15) is 9.59 Å². The van der Waals surface area contributed by atoms with Crippen LogP contribution in [0, 0.1) is 5.92 Å². The molecule has 1 saturated heterocycles. The Hall–Kier alpha value is -3.29. The molecule has 0 aliphatic carbocycles. The van der Waals surface area contributed by atoms with E-state index in [0.717, 1.165) is 5.69 Å². The number of hydrogen-bond donors (Lipinski definition) is 1. The zero-order chi connectivity index (χ0) is 17.9. The SMILES string of the molecule is O=C(NCc1nc2ncccc2o1)C1CC(=O)N(Cc2ccccn2)C1. The van der Waals surface area contributed by atoms with Gasteiger partial charge < -0.3 is 14.6 Å². The summed E-state index contributed by atoms with van der Waals surface area (Å²) < 4.78 is 5.53. The maximum Gasteiger partial charge on any atom is 0.225 e. The van der Waals surface area contributed by atoms with Gasteiger partial charge in [-0.25, -0.2) is 4.98 Å². The number of fused-ring (bicyclic) bond motifs is 1. The van der Waals surface area contributed by atoms with Gasteiger partial charge in [-0.3, -0.25) is 14.6 Å². The second kappa shape index (κ2) is 6.91. The first-order chi connectivity index (χ1) is 12.7. The lowest BCUT2D eigenvalue weighted by atomic mass is 10.1. The summed E-state index contributed by atoms with van der Waals surface area (Å²) in [5.74, 6) is -0.214. The minimum absolute atomic E-state index is 0.0399. The van der Waals surface area contributed by atoms with E-state index in [1.165, 1.54) is 0 Å². The van der Waals surface area contributed by atoms with Crippen LogP contribution in [0.5, 0.6) is 0 Å². The van der Waals surface area contributed by atoms with E-state index in [1.54, 1.807) is 29.4 Å². The van der Waals surface area contributed by atoms with E-state index >= 15 is 0 Å². The van der Waals surface area contributed by atoms with Crippen LogP contribution in [0.1, 0.15) is 18.0 Å². The Morgan fingerprint density at radius 2 is 2.12 bits per heavy atom. The third kappa shape index (κ3) is 3.39. The Kier molecular flexibility index (Phi) is 4.30. The van der Waals surface area contributed by atoms with Crippen LogP contribution in [0.4, 0.5) is 0 Å². The summed E-state index contributed by atoms with van der Waals surface area (Å²) in [4.78, 5) is 38.7. The topological polar surface area (TPSA) is 101 Å². The van der Waals surface area contributed by atoms with Crippen LogP contribution in [-0.2, 0) is 22.7 Å². The molecule has 0 aromatic carbocycles. The van der Waals surface area contributed by atoms with Gasteiger partial charge in [0.05, 0.1) is 24.7 Å². The standard InChI is InChI=1S/C18H17N5O3/c24-16-8-12(10-23(16)11-13-4-1-2-6-19-13)18(25)21-9-15-22-17-14(26-15)5-3-7-20-17/h1-7,12H,8-11H2,(H,21,25). The van der Waals surface area contributed by atoms with Crippen LogP contribution in [0.25, 0.3) is 11.2 Å². The molecule has 1 aliphatic rings. The van der Waals surface area contributed by atoms with Crippen LogP contribution in [0.15, 0.2) is 47.1 Å². The summed E-state index contributed by atoms with van der Waals surface area (Å²) in [5.41, 5.74) is 1.89. The molecule has 3 aromatic heterocycles. The van der Waals surface area contributed by atoms with Crippen molar-refractivity contribution >= 4 is 23.0 Å². The van der Waals surface area contributed by atoms with Gasteiger partial charge in [0.25, 0.3) is 0 Å². The van der Waals surface area contributed by atoms with Gasteiger partial charge in [0.1, 0.15) is 0 Å². The average Bonchev–Trinajstić information content (AvgIpc) is 3.24. The number of pyridine rings is 2. The van der Waals surface area contributed by atoms with Gasteiger partial charge in [0, 0.05) is 25.4 Å². The van der Waals surface area contributed by atoms with Crippen molar-refractivity contribution in [3.05, 3.63) is 54.3 Å². The summed E-state index contributed by atoms with van der Waals surface area (Å²) in [6, 6.07) is 9.10. The van der Waals surface area contributed by atoms with Crippen molar-refractivity contribution in [1.82, 2.24) is 25.2 Å². The lowest BCUT2D eigenvalue weighted by Gasteiger charge is -2.15. The number of rotatable bonds is 5. The minimum atomic E-state index is -0.381. The van der Waals surface area contributed by atoms with Gasteiger partial charge in [-0.1, -0.05) is 6.07 Å². The Labute approximate surface area is 149 Å². The Balaban J connectivity index is 1.34. The number of carbonyl (C=O) groups is 2. The summed E-state index contributed by atoms with van der Waals surface area (Å²) in [7, 11) is 0. The third-order valence-electron chi connectivity index (χ3n) is 4.29. The molecule has 0 radical (unpaired) electrons. The summed E-state index contributed by atoms with van der Waals surface area (Å²) >= 11 is 0. The Morgan fingerprint density at radius 3 is 2.92 bits per heavy atom. The predicted molar refractivity (Wildman–Crippen MR) is 91.4 cm³/mol. The number of carbonyl (C=O) groups excluding carboxylic acids is 2. The van der Waals surface area contributed by atoms with E-state index in [-0.39, 0.29) is 30.7 Å². The minimum Gasteiger partial charge on any atom is -0.437 e. The molecule has 4 rings (SSSR count). The molecule has 0 bridgehead atoms. The largest absolute Gasteiger partial charge is 0.437 e. The van der Waals surface area contributed by atoms with Crippen LogP contribution < -0.4 is 5.32 Å². The molecule has 8 heteroatoms. The number of nitrogens with one attached hydrogen (secondary N) is 1. The highest BCUT2D eigenvalue weighted by molar-refractivity contribution is 5.89. The van der Waals surface area contributed by atoms with E-state index in [2.05, 4.69) is 20.3 Å². The fourth-order valence-corrected chi connectivity index (χ4v) is 2.98. The normalized spacial score (nSPS) is 17.0. The molecule has 3 aromatic rings. The van der Waals surface area contributed by atoms with Crippen molar-refractivity contribution in [3.63, 3.8) is 0 Å². The maximum absolute atomic E-state index is 12.4. The molecule has 1 unspecified atom stereocenters. The monoisotopic (exact) mass is 351 g/mol. The third-order valence-corrected chi connectivity index (χ3v) is 4.29. The summed E-state index contributed by atoms with van der Waals surface area (Å²) in [6.45, 7) is 0.969. The molecule has 1 N–H and O–H groups in total. The van der Waals surface area contributed by atoms with Crippen molar-refractivity contribution in [2.45, 2.75) is 19.5 Å². The first kappa shape index (κ1) is 16.2. The molecule has 2 amide bonds. The average molecular weight is 351 g/mol. The molecule has 4 heterocycles. The fraction of sp³-hybridized carbons (Fsp3) is 0.278. The molecule has 0 spiro atoms. The highest BCUT2D eigenvalue weighted by Crippen LogP contribution is 2.20. The molecule has 1 fully saturated rings. The molecule has 1 aliphatic heterocycles. The molecule has 26 heavy (non-hydrogen) atoms. The molecular weight excluding hydrogens is 334 g/mol. The second-order valence-electron chi connectivity index (χ2n) is 6.15. The lowest BCUT2D eigenvalue weighted by Crippen LogP contribution is -2.32. The van der Waals surface area contributed by atoms with Gasteiger partial charge in [-0.2, -0.15) is 4.98 Å².